The van der Waals surface area contributed by atoms with Crippen LogP contribution in [0.25, 0.3) is 0 Å². The molecule has 2 aliphatic heterocycles. The summed E-state index contributed by atoms with van der Waals surface area (Å²) < 4.78 is 37.6. The predicted molar refractivity (Wildman–Crippen MR) is 105 cm³/mol. The number of sulfonamides is 1. The van der Waals surface area contributed by atoms with Gasteiger partial charge in [-0.3, -0.25) is 14.9 Å². The Morgan fingerprint density at radius 1 is 1.23 bits per heavy atom. The summed E-state index contributed by atoms with van der Waals surface area (Å²) in [5.41, 5.74) is -0.813. The molecule has 3 N–H and O–H groups in total. The van der Waals surface area contributed by atoms with Gasteiger partial charge in [0.25, 0.3) is 11.8 Å². The monoisotopic (exact) mass is 440 g/mol. The van der Waals surface area contributed by atoms with Gasteiger partial charge in [-0.15, -0.1) is 0 Å². The number of hydrogen-bond donors (Lipinski definition) is 3. The molecule has 1 spiro atoms. The lowest BCUT2D eigenvalue weighted by molar-refractivity contribution is -0.125. The van der Waals surface area contributed by atoms with Crippen molar-refractivity contribution < 1.29 is 32.3 Å². The second-order valence-electron chi connectivity index (χ2n) is 7.04. The van der Waals surface area contributed by atoms with Crippen molar-refractivity contribution in [3.63, 3.8) is 0 Å². The molecule has 2 aliphatic rings. The van der Waals surface area contributed by atoms with E-state index in [9.17, 15) is 22.8 Å². The standard InChI is InChI=1S/C18H24N4O7S/c1-28-10-7-19-30(26,27)14-11-12(3-4-13(14)29-2)15(23)22-8-5-18(6-9-22)16(24)20-17(25)21-18/h3-4,11,19H,5-10H2,1-2H3,(H2,20,21,24,25). The van der Waals surface area contributed by atoms with Crippen LogP contribution in [0.1, 0.15) is 23.2 Å². The number of ether oxygens (including phenoxy) is 2. The zero-order chi connectivity index (χ0) is 21.9. The van der Waals surface area contributed by atoms with Crippen LogP contribution in [0.3, 0.4) is 0 Å². The van der Waals surface area contributed by atoms with E-state index in [1.165, 1.54) is 37.3 Å². The maximum atomic E-state index is 13.0. The number of benzene rings is 1. The van der Waals surface area contributed by atoms with Crippen molar-refractivity contribution in [1.82, 2.24) is 20.3 Å². The van der Waals surface area contributed by atoms with Gasteiger partial charge in [-0.25, -0.2) is 17.9 Å². The van der Waals surface area contributed by atoms with Crippen LogP contribution < -0.4 is 20.1 Å². The Hall–Kier alpha value is -2.70. The van der Waals surface area contributed by atoms with Crippen LogP contribution in [0, 0.1) is 0 Å². The predicted octanol–water partition coefficient (Wildman–Crippen LogP) is -0.566. The van der Waals surface area contributed by atoms with Crippen LogP contribution in [-0.4, -0.2) is 77.2 Å². The normalized spacial score (nSPS) is 18.3. The van der Waals surface area contributed by atoms with Gasteiger partial charge in [0.1, 0.15) is 16.2 Å². The average Bonchev–Trinajstić information content (AvgIpc) is 3.00. The summed E-state index contributed by atoms with van der Waals surface area (Å²) in [5.74, 6) is -0.649. The minimum absolute atomic E-state index is 0.0716. The van der Waals surface area contributed by atoms with Crippen LogP contribution in [0.4, 0.5) is 4.79 Å². The molecule has 2 fully saturated rings. The highest BCUT2D eigenvalue weighted by molar-refractivity contribution is 7.89. The van der Waals surface area contributed by atoms with E-state index in [1.54, 1.807) is 0 Å². The molecule has 1 aromatic carbocycles. The van der Waals surface area contributed by atoms with Crippen molar-refractivity contribution in [2.45, 2.75) is 23.3 Å². The van der Waals surface area contributed by atoms with Gasteiger partial charge in [-0.2, -0.15) is 0 Å². The quantitative estimate of drug-likeness (QED) is 0.381. The molecular weight excluding hydrogens is 416 g/mol. The maximum absolute atomic E-state index is 13.0. The molecule has 12 heteroatoms. The van der Waals surface area contributed by atoms with Crippen LogP contribution in [0.15, 0.2) is 23.1 Å². The van der Waals surface area contributed by atoms with E-state index in [1.807, 2.05) is 0 Å². The fourth-order valence-electron chi connectivity index (χ4n) is 3.53. The van der Waals surface area contributed by atoms with Gasteiger partial charge in [0, 0.05) is 32.3 Å². The molecule has 164 valence electrons. The molecule has 0 unspecified atom stereocenters. The van der Waals surface area contributed by atoms with Gasteiger partial charge < -0.3 is 19.7 Å². The number of amides is 4. The minimum atomic E-state index is -3.92. The van der Waals surface area contributed by atoms with Crippen LogP contribution in [0.2, 0.25) is 0 Å². The molecule has 0 aromatic heterocycles. The number of carbonyl (C=O) groups excluding carboxylic acids is 3. The molecular formula is C18H24N4O7S. The molecule has 0 atom stereocenters. The number of carbonyl (C=O) groups is 3. The first-order chi connectivity index (χ1) is 14.2. The number of methoxy groups -OCH3 is 2. The van der Waals surface area contributed by atoms with Gasteiger partial charge in [-0.1, -0.05) is 0 Å². The fraction of sp³-hybridized carbons (Fsp3) is 0.500. The lowest BCUT2D eigenvalue weighted by Crippen LogP contribution is -2.55. The Balaban J connectivity index is 1.77. The molecule has 0 aliphatic carbocycles. The van der Waals surface area contributed by atoms with E-state index < -0.39 is 21.6 Å². The summed E-state index contributed by atoms with van der Waals surface area (Å²) in [6.07, 6.45) is 0.548. The topological polar surface area (TPSA) is 143 Å². The molecule has 0 radical (unpaired) electrons. The van der Waals surface area contributed by atoms with E-state index in [2.05, 4.69) is 15.4 Å². The van der Waals surface area contributed by atoms with E-state index in [0.29, 0.717) is 0 Å². The van der Waals surface area contributed by atoms with E-state index in [-0.39, 0.29) is 67.1 Å². The first-order valence-electron chi connectivity index (χ1n) is 9.32. The summed E-state index contributed by atoms with van der Waals surface area (Å²) in [4.78, 5) is 37.8. The molecule has 4 amide bonds. The van der Waals surface area contributed by atoms with Gasteiger partial charge >= 0.3 is 6.03 Å². The SMILES string of the molecule is COCCNS(=O)(=O)c1cc(C(=O)N2CCC3(CC2)NC(=O)NC3=O)ccc1OC. The summed E-state index contributed by atoms with van der Waals surface area (Å²) >= 11 is 0. The molecule has 2 heterocycles. The number of piperidine rings is 1. The molecule has 0 saturated carbocycles. The lowest BCUT2D eigenvalue weighted by atomic mass is 9.87. The van der Waals surface area contributed by atoms with Crippen LogP contribution >= 0.6 is 0 Å². The first kappa shape index (κ1) is 22.0. The Morgan fingerprint density at radius 3 is 2.50 bits per heavy atom. The second kappa shape index (κ2) is 8.58. The first-order valence-corrected chi connectivity index (χ1v) is 10.8. The molecule has 30 heavy (non-hydrogen) atoms. The van der Waals surface area contributed by atoms with Crippen LogP contribution in [-0.2, 0) is 19.6 Å². The Bertz CT molecular complexity index is 955. The van der Waals surface area contributed by atoms with Crippen molar-refractivity contribution >= 4 is 27.9 Å². The number of hydrogen-bond acceptors (Lipinski definition) is 7. The number of imide groups is 1. The number of nitrogens with one attached hydrogen (secondary N) is 3. The second-order valence-corrected chi connectivity index (χ2v) is 8.77. The third-order valence-electron chi connectivity index (χ3n) is 5.22. The summed E-state index contributed by atoms with van der Waals surface area (Å²) in [7, 11) is -1.12. The number of rotatable bonds is 7. The molecule has 11 nitrogen and oxygen atoms in total. The zero-order valence-corrected chi connectivity index (χ0v) is 17.5. The average molecular weight is 440 g/mol. The molecule has 1 aromatic rings. The third-order valence-corrected chi connectivity index (χ3v) is 6.70. The number of likely N-dealkylation sites (tertiary alicyclic amines) is 1. The van der Waals surface area contributed by atoms with Crippen molar-refractivity contribution in [3.8, 4) is 5.75 Å². The fourth-order valence-corrected chi connectivity index (χ4v) is 4.74. The highest BCUT2D eigenvalue weighted by atomic mass is 32.2. The molecule has 0 bridgehead atoms. The van der Waals surface area contributed by atoms with Gasteiger partial charge in [-0.05, 0) is 31.0 Å². The zero-order valence-electron chi connectivity index (χ0n) is 16.7. The largest absolute Gasteiger partial charge is 0.495 e. The third kappa shape index (κ3) is 4.25. The highest BCUT2D eigenvalue weighted by Crippen LogP contribution is 2.29. The molecule has 3 rings (SSSR count). The van der Waals surface area contributed by atoms with Crippen molar-refractivity contribution in [1.29, 1.82) is 0 Å². The lowest BCUT2D eigenvalue weighted by Gasteiger charge is -2.37. The summed E-state index contributed by atoms with van der Waals surface area (Å²) in [5, 5.41) is 4.86. The van der Waals surface area contributed by atoms with E-state index in [0.717, 1.165) is 0 Å². The van der Waals surface area contributed by atoms with Crippen molar-refractivity contribution in [3.05, 3.63) is 23.8 Å². The smallest absolute Gasteiger partial charge is 0.322 e. The molecule has 2 saturated heterocycles. The van der Waals surface area contributed by atoms with Gasteiger partial charge in [0.05, 0.1) is 13.7 Å². The van der Waals surface area contributed by atoms with E-state index >= 15 is 0 Å². The summed E-state index contributed by atoms with van der Waals surface area (Å²) in [6, 6.07) is 3.65. The Morgan fingerprint density at radius 2 is 1.93 bits per heavy atom. The van der Waals surface area contributed by atoms with Crippen LogP contribution in [0.5, 0.6) is 5.75 Å². The Labute approximate surface area is 174 Å². The minimum Gasteiger partial charge on any atom is -0.495 e. The van der Waals surface area contributed by atoms with Crippen molar-refractivity contribution in [2.75, 3.05) is 40.5 Å². The Kier molecular flexibility index (Phi) is 6.29. The summed E-state index contributed by atoms with van der Waals surface area (Å²) in [6.45, 7) is 0.751. The number of nitrogens with zero attached hydrogens (tertiary/aromatic N) is 1. The van der Waals surface area contributed by atoms with E-state index in [4.69, 9.17) is 9.47 Å². The maximum Gasteiger partial charge on any atom is 0.322 e. The highest BCUT2D eigenvalue weighted by Gasteiger charge is 2.48. The van der Waals surface area contributed by atoms with Crippen molar-refractivity contribution in [2.24, 2.45) is 0 Å². The van der Waals surface area contributed by atoms with Gasteiger partial charge in [0.2, 0.25) is 10.0 Å². The number of urea groups is 1. The van der Waals surface area contributed by atoms with Gasteiger partial charge in [0.15, 0.2) is 0 Å².